The average Bonchev–Trinajstić information content (AvgIpc) is 2.38. The second kappa shape index (κ2) is 5.14. The topological polar surface area (TPSA) is 52.1 Å². The highest BCUT2D eigenvalue weighted by Crippen LogP contribution is 2.32. The van der Waals surface area contributed by atoms with E-state index in [2.05, 4.69) is 9.97 Å². The molecule has 0 unspecified atom stereocenters. The molecule has 1 heterocycles. The van der Waals surface area contributed by atoms with Gasteiger partial charge in [-0.05, 0) is 19.1 Å². The Kier molecular flexibility index (Phi) is 3.58. The summed E-state index contributed by atoms with van der Waals surface area (Å²) < 4.78 is 5.26. The molecule has 0 fully saturated rings. The Morgan fingerprint density at radius 3 is 2.67 bits per heavy atom. The number of halogens is 1. The van der Waals surface area contributed by atoms with E-state index < -0.39 is 0 Å². The van der Waals surface area contributed by atoms with Crippen molar-refractivity contribution in [1.82, 2.24) is 9.97 Å². The number of benzene rings is 1. The first-order valence-electron chi connectivity index (χ1n) is 5.30. The Bertz CT molecular complexity index is 600. The summed E-state index contributed by atoms with van der Waals surface area (Å²) in [6.45, 7) is 1.72. The monoisotopic (exact) mass is 262 g/mol. The number of methoxy groups -OCH3 is 1. The summed E-state index contributed by atoms with van der Waals surface area (Å²) in [5.41, 5.74) is 1.47. The molecule has 0 aliphatic rings. The third-order valence-electron chi connectivity index (χ3n) is 2.49. The molecule has 5 heteroatoms. The van der Waals surface area contributed by atoms with Gasteiger partial charge in [0.1, 0.15) is 16.7 Å². The molecule has 92 valence electrons. The van der Waals surface area contributed by atoms with E-state index in [4.69, 9.17) is 16.3 Å². The van der Waals surface area contributed by atoms with Gasteiger partial charge in [0.05, 0.1) is 18.4 Å². The molecule has 1 aromatic heterocycles. The van der Waals surface area contributed by atoms with Crippen LogP contribution < -0.4 is 4.74 Å². The van der Waals surface area contributed by atoms with E-state index in [0.29, 0.717) is 23.6 Å². The van der Waals surface area contributed by atoms with E-state index in [9.17, 15) is 4.79 Å². The standard InChI is InChI=1S/C13H11ClN2O2/c1-8-15-12(10(7-17)13(14)16-8)9-5-3-4-6-11(9)18-2/h3-7H,1-2H3. The molecular formula is C13H11ClN2O2. The number of rotatable bonds is 3. The second-order valence-corrected chi connectivity index (χ2v) is 4.00. The van der Waals surface area contributed by atoms with Gasteiger partial charge in [-0.2, -0.15) is 0 Å². The van der Waals surface area contributed by atoms with Crippen molar-refractivity contribution in [2.24, 2.45) is 0 Å². The number of carbonyl (C=O) groups excluding carboxylic acids is 1. The first-order chi connectivity index (χ1) is 8.67. The van der Waals surface area contributed by atoms with Crippen LogP contribution in [0.25, 0.3) is 11.3 Å². The summed E-state index contributed by atoms with van der Waals surface area (Å²) >= 11 is 5.96. The van der Waals surface area contributed by atoms with E-state index in [1.807, 2.05) is 18.2 Å². The summed E-state index contributed by atoms with van der Waals surface area (Å²) in [7, 11) is 1.56. The fraction of sp³-hybridized carbons (Fsp3) is 0.154. The zero-order chi connectivity index (χ0) is 13.1. The number of aryl methyl sites for hydroxylation is 1. The molecule has 18 heavy (non-hydrogen) atoms. The van der Waals surface area contributed by atoms with E-state index in [0.717, 1.165) is 5.56 Å². The number of nitrogens with zero attached hydrogens (tertiary/aromatic N) is 2. The van der Waals surface area contributed by atoms with Gasteiger partial charge in [0, 0.05) is 5.56 Å². The van der Waals surface area contributed by atoms with Crippen LogP contribution in [0.15, 0.2) is 24.3 Å². The first kappa shape index (κ1) is 12.5. The first-order valence-corrected chi connectivity index (χ1v) is 5.68. The van der Waals surface area contributed by atoms with Crippen molar-refractivity contribution < 1.29 is 9.53 Å². The molecule has 0 saturated heterocycles. The van der Waals surface area contributed by atoms with E-state index in [1.165, 1.54) is 0 Å². The Balaban J connectivity index is 2.73. The Morgan fingerprint density at radius 2 is 2.00 bits per heavy atom. The predicted octanol–water partition coefficient (Wildman–Crippen LogP) is 2.93. The van der Waals surface area contributed by atoms with Crippen molar-refractivity contribution in [3.8, 4) is 17.0 Å². The third-order valence-corrected chi connectivity index (χ3v) is 2.78. The van der Waals surface area contributed by atoms with Crippen LogP contribution in [0.4, 0.5) is 0 Å². The molecule has 0 amide bonds. The Labute approximate surface area is 110 Å². The SMILES string of the molecule is COc1ccccc1-c1nc(C)nc(Cl)c1C=O. The number of para-hydroxylation sites is 1. The summed E-state index contributed by atoms with van der Waals surface area (Å²) in [5.74, 6) is 1.14. The summed E-state index contributed by atoms with van der Waals surface area (Å²) in [6, 6.07) is 7.32. The van der Waals surface area contributed by atoms with Crippen LogP contribution in [0.2, 0.25) is 5.15 Å². The van der Waals surface area contributed by atoms with Gasteiger partial charge in [0.15, 0.2) is 6.29 Å². The Hall–Kier alpha value is -1.94. The van der Waals surface area contributed by atoms with Crippen LogP contribution in [0.5, 0.6) is 5.75 Å². The van der Waals surface area contributed by atoms with Crippen LogP contribution in [0, 0.1) is 6.92 Å². The van der Waals surface area contributed by atoms with Gasteiger partial charge in [-0.1, -0.05) is 23.7 Å². The largest absolute Gasteiger partial charge is 0.496 e. The van der Waals surface area contributed by atoms with Crippen LogP contribution in [-0.2, 0) is 0 Å². The molecule has 0 N–H and O–H groups in total. The molecule has 2 rings (SSSR count). The predicted molar refractivity (Wildman–Crippen MR) is 69.2 cm³/mol. The van der Waals surface area contributed by atoms with Crippen LogP contribution in [-0.4, -0.2) is 23.4 Å². The van der Waals surface area contributed by atoms with E-state index >= 15 is 0 Å². The Morgan fingerprint density at radius 1 is 1.28 bits per heavy atom. The summed E-state index contributed by atoms with van der Waals surface area (Å²) in [5, 5.41) is 0.151. The number of hydrogen-bond acceptors (Lipinski definition) is 4. The zero-order valence-electron chi connectivity index (χ0n) is 9.98. The second-order valence-electron chi connectivity index (χ2n) is 3.64. The fourth-order valence-electron chi connectivity index (χ4n) is 1.70. The lowest BCUT2D eigenvalue weighted by molar-refractivity contribution is 0.112. The maximum atomic E-state index is 11.1. The maximum Gasteiger partial charge on any atom is 0.155 e. The van der Waals surface area contributed by atoms with Crippen molar-refractivity contribution in [3.63, 3.8) is 0 Å². The van der Waals surface area contributed by atoms with Crippen LogP contribution in [0.3, 0.4) is 0 Å². The van der Waals surface area contributed by atoms with E-state index in [-0.39, 0.29) is 10.7 Å². The van der Waals surface area contributed by atoms with Crippen LogP contribution >= 0.6 is 11.6 Å². The van der Waals surface area contributed by atoms with Crippen LogP contribution in [0.1, 0.15) is 16.2 Å². The quantitative estimate of drug-likeness (QED) is 0.630. The highest BCUT2D eigenvalue weighted by Gasteiger charge is 2.15. The summed E-state index contributed by atoms with van der Waals surface area (Å²) in [4.78, 5) is 19.4. The normalized spacial score (nSPS) is 10.2. The minimum absolute atomic E-state index is 0.151. The number of carbonyl (C=O) groups is 1. The molecule has 4 nitrogen and oxygen atoms in total. The maximum absolute atomic E-state index is 11.1. The van der Waals surface area contributed by atoms with Crippen molar-refractivity contribution in [3.05, 3.63) is 40.8 Å². The highest BCUT2D eigenvalue weighted by molar-refractivity contribution is 6.32. The average molecular weight is 263 g/mol. The number of aromatic nitrogens is 2. The number of aldehydes is 1. The fourth-order valence-corrected chi connectivity index (χ4v) is 1.95. The molecule has 0 spiro atoms. The molecular weight excluding hydrogens is 252 g/mol. The van der Waals surface area contributed by atoms with Crippen molar-refractivity contribution in [1.29, 1.82) is 0 Å². The van der Waals surface area contributed by atoms with Gasteiger partial charge >= 0.3 is 0 Å². The zero-order valence-corrected chi connectivity index (χ0v) is 10.7. The van der Waals surface area contributed by atoms with Gasteiger partial charge in [0.25, 0.3) is 0 Å². The molecule has 0 aliphatic heterocycles. The molecule has 1 aromatic carbocycles. The van der Waals surface area contributed by atoms with E-state index in [1.54, 1.807) is 20.1 Å². The molecule has 2 aromatic rings. The lowest BCUT2D eigenvalue weighted by Gasteiger charge is -2.10. The highest BCUT2D eigenvalue weighted by atomic mass is 35.5. The summed E-state index contributed by atoms with van der Waals surface area (Å²) in [6.07, 6.45) is 0.656. The molecule has 0 aliphatic carbocycles. The van der Waals surface area contributed by atoms with Crippen molar-refractivity contribution in [2.75, 3.05) is 7.11 Å². The van der Waals surface area contributed by atoms with Gasteiger partial charge in [-0.15, -0.1) is 0 Å². The van der Waals surface area contributed by atoms with Gasteiger partial charge in [-0.25, -0.2) is 9.97 Å². The van der Waals surface area contributed by atoms with Gasteiger partial charge in [0.2, 0.25) is 0 Å². The number of hydrogen-bond donors (Lipinski definition) is 0. The smallest absolute Gasteiger partial charge is 0.155 e. The minimum Gasteiger partial charge on any atom is -0.496 e. The van der Waals surface area contributed by atoms with Gasteiger partial charge in [-0.3, -0.25) is 4.79 Å². The lowest BCUT2D eigenvalue weighted by Crippen LogP contribution is -2.00. The molecule has 0 bridgehead atoms. The molecule has 0 radical (unpaired) electrons. The lowest BCUT2D eigenvalue weighted by atomic mass is 10.1. The molecule has 0 saturated carbocycles. The third kappa shape index (κ3) is 2.19. The minimum atomic E-state index is 0.151. The van der Waals surface area contributed by atoms with Crippen molar-refractivity contribution >= 4 is 17.9 Å². The van der Waals surface area contributed by atoms with Gasteiger partial charge < -0.3 is 4.74 Å². The molecule has 0 atom stereocenters. The van der Waals surface area contributed by atoms with Crippen molar-refractivity contribution in [2.45, 2.75) is 6.92 Å². The number of ether oxygens (including phenoxy) is 1.